The third-order valence-electron chi connectivity index (χ3n) is 3.32. The van der Waals surface area contributed by atoms with Gasteiger partial charge in [-0.15, -0.1) is 0 Å². The Balaban J connectivity index is 2.08. The number of rotatable bonds is 6. The van der Waals surface area contributed by atoms with Gasteiger partial charge in [0.05, 0.1) is 6.20 Å². The van der Waals surface area contributed by atoms with E-state index < -0.39 is 0 Å². The van der Waals surface area contributed by atoms with Crippen LogP contribution in [0.25, 0.3) is 5.52 Å². The van der Waals surface area contributed by atoms with Crippen LogP contribution in [-0.4, -0.2) is 19.6 Å². The molecule has 0 aromatic carbocycles. The summed E-state index contributed by atoms with van der Waals surface area (Å²) in [7, 11) is 0. The number of hydrogen-bond acceptors (Lipinski definition) is 4. The van der Waals surface area contributed by atoms with Crippen molar-refractivity contribution in [1.82, 2.24) is 19.6 Å². The fraction of sp³-hybridized carbons (Fsp3) is 0.615. The van der Waals surface area contributed by atoms with Gasteiger partial charge in [0.1, 0.15) is 17.7 Å². The highest BCUT2D eigenvalue weighted by molar-refractivity contribution is 5.63. The van der Waals surface area contributed by atoms with Crippen molar-refractivity contribution in [3.8, 4) is 0 Å². The van der Waals surface area contributed by atoms with Gasteiger partial charge in [-0.1, -0.05) is 39.5 Å². The molecule has 0 aliphatic heterocycles. The fourth-order valence-corrected chi connectivity index (χ4v) is 2.20. The van der Waals surface area contributed by atoms with Gasteiger partial charge in [-0.05, 0) is 6.42 Å². The summed E-state index contributed by atoms with van der Waals surface area (Å²) < 4.78 is 1.81. The zero-order valence-corrected chi connectivity index (χ0v) is 11.1. The molecule has 98 valence electrons. The summed E-state index contributed by atoms with van der Waals surface area (Å²) in [5.74, 6) is 1.87. The number of imidazole rings is 1. The minimum atomic E-state index is 0.402. The summed E-state index contributed by atoms with van der Waals surface area (Å²) in [6.07, 6.45) is 9.49. The maximum Gasteiger partial charge on any atom is 0.153 e. The molecule has 0 saturated heterocycles. The minimum Gasteiger partial charge on any atom is -0.382 e. The maximum absolute atomic E-state index is 5.80. The van der Waals surface area contributed by atoms with Gasteiger partial charge >= 0.3 is 0 Å². The van der Waals surface area contributed by atoms with Crippen LogP contribution in [0, 0.1) is 0 Å². The van der Waals surface area contributed by atoms with Gasteiger partial charge in [-0.25, -0.2) is 14.5 Å². The fourth-order valence-electron chi connectivity index (χ4n) is 2.20. The van der Waals surface area contributed by atoms with Crippen LogP contribution in [0.1, 0.15) is 57.7 Å². The summed E-state index contributed by atoms with van der Waals surface area (Å²) in [6, 6.07) is 0. The lowest BCUT2D eigenvalue weighted by atomic mass is 10.0. The number of fused-ring (bicyclic) bond motifs is 1. The number of hydrogen-bond donors (Lipinski definition) is 1. The molecule has 0 saturated carbocycles. The Labute approximate surface area is 107 Å². The van der Waals surface area contributed by atoms with Crippen LogP contribution in [0.15, 0.2) is 12.5 Å². The normalized spacial score (nSPS) is 13.0. The number of nitrogens with two attached hydrogens (primary N) is 1. The average Bonchev–Trinajstić information content (AvgIpc) is 2.80. The predicted molar refractivity (Wildman–Crippen MR) is 72.4 cm³/mol. The summed E-state index contributed by atoms with van der Waals surface area (Å²) >= 11 is 0. The van der Waals surface area contributed by atoms with Crippen molar-refractivity contribution in [1.29, 1.82) is 0 Å². The highest BCUT2D eigenvalue weighted by Crippen LogP contribution is 2.22. The number of anilines is 1. The lowest BCUT2D eigenvalue weighted by Gasteiger charge is -2.09. The predicted octanol–water partition coefficient (Wildman–Crippen LogP) is 2.78. The smallest absolute Gasteiger partial charge is 0.153 e. The molecule has 0 spiro atoms. The Kier molecular flexibility index (Phi) is 4.12. The number of nitrogen functional groups attached to an aromatic ring is 1. The third kappa shape index (κ3) is 2.60. The highest BCUT2D eigenvalue weighted by Gasteiger charge is 2.14. The molecular formula is C13H21N5. The van der Waals surface area contributed by atoms with Crippen molar-refractivity contribution in [2.24, 2.45) is 0 Å². The van der Waals surface area contributed by atoms with E-state index in [1.807, 2.05) is 4.52 Å². The molecule has 2 rings (SSSR count). The Morgan fingerprint density at radius 3 is 2.89 bits per heavy atom. The summed E-state index contributed by atoms with van der Waals surface area (Å²) in [5, 5.41) is 4.23. The molecule has 0 aliphatic carbocycles. The van der Waals surface area contributed by atoms with Crippen LogP contribution < -0.4 is 5.73 Å². The zero-order chi connectivity index (χ0) is 13.0. The lowest BCUT2D eigenvalue weighted by molar-refractivity contribution is 0.553. The first kappa shape index (κ1) is 12.8. The van der Waals surface area contributed by atoms with E-state index in [0.717, 1.165) is 17.8 Å². The zero-order valence-electron chi connectivity index (χ0n) is 11.1. The summed E-state index contributed by atoms with van der Waals surface area (Å²) in [6.45, 7) is 4.42. The van der Waals surface area contributed by atoms with Crippen molar-refractivity contribution in [2.45, 2.75) is 51.9 Å². The van der Waals surface area contributed by atoms with Crippen molar-refractivity contribution in [2.75, 3.05) is 5.73 Å². The standard InChI is InChI=1S/C13H21N5/c1-3-4-5-6-7-10(2)13-15-8-11-12(14)16-9-17-18(11)13/h8-10H,3-7H2,1-2H3,(H2,14,16,17). The summed E-state index contributed by atoms with van der Waals surface area (Å²) in [5.41, 5.74) is 6.60. The molecule has 1 unspecified atom stereocenters. The largest absolute Gasteiger partial charge is 0.382 e. The molecule has 2 aromatic heterocycles. The van der Waals surface area contributed by atoms with Crippen molar-refractivity contribution in [3.05, 3.63) is 18.3 Å². The molecule has 0 fully saturated rings. The van der Waals surface area contributed by atoms with Crippen molar-refractivity contribution >= 4 is 11.3 Å². The van der Waals surface area contributed by atoms with E-state index in [1.165, 1.54) is 32.0 Å². The second-order valence-electron chi connectivity index (χ2n) is 4.81. The average molecular weight is 247 g/mol. The maximum atomic E-state index is 5.80. The molecule has 5 heteroatoms. The van der Waals surface area contributed by atoms with Crippen LogP contribution in [0.4, 0.5) is 5.82 Å². The topological polar surface area (TPSA) is 69.1 Å². The van der Waals surface area contributed by atoms with Crippen LogP contribution in [-0.2, 0) is 0 Å². The van der Waals surface area contributed by atoms with Gasteiger partial charge in [0.25, 0.3) is 0 Å². The van der Waals surface area contributed by atoms with Crippen LogP contribution in [0.2, 0.25) is 0 Å². The van der Waals surface area contributed by atoms with E-state index in [-0.39, 0.29) is 0 Å². The number of aromatic nitrogens is 4. The first-order chi connectivity index (χ1) is 8.74. The monoisotopic (exact) mass is 247 g/mol. The molecule has 0 aliphatic rings. The Bertz CT molecular complexity index is 505. The quantitative estimate of drug-likeness (QED) is 0.797. The Morgan fingerprint density at radius 2 is 2.11 bits per heavy atom. The van der Waals surface area contributed by atoms with Crippen molar-refractivity contribution in [3.63, 3.8) is 0 Å². The molecule has 18 heavy (non-hydrogen) atoms. The highest BCUT2D eigenvalue weighted by atomic mass is 15.3. The molecule has 1 atom stereocenters. The van der Waals surface area contributed by atoms with E-state index in [0.29, 0.717) is 11.7 Å². The lowest BCUT2D eigenvalue weighted by Crippen LogP contribution is -2.05. The molecular weight excluding hydrogens is 226 g/mol. The molecule has 5 nitrogen and oxygen atoms in total. The van der Waals surface area contributed by atoms with Gasteiger partial charge in [-0.2, -0.15) is 5.10 Å². The molecule has 0 bridgehead atoms. The molecule has 2 N–H and O–H groups in total. The van der Waals surface area contributed by atoms with Gasteiger partial charge in [0.2, 0.25) is 0 Å². The number of nitrogens with zero attached hydrogens (tertiary/aromatic N) is 4. The molecule has 2 aromatic rings. The first-order valence-electron chi connectivity index (χ1n) is 6.68. The third-order valence-corrected chi connectivity index (χ3v) is 3.32. The van der Waals surface area contributed by atoms with Crippen LogP contribution in [0.3, 0.4) is 0 Å². The van der Waals surface area contributed by atoms with Crippen molar-refractivity contribution < 1.29 is 0 Å². The van der Waals surface area contributed by atoms with E-state index in [1.54, 1.807) is 6.20 Å². The van der Waals surface area contributed by atoms with Gasteiger partial charge in [0, 0.05) is 5.92 Å². The van der Waals surface area contributed by atoms with Gasteiger partial charge < -0.3 is 5.73 Å². The van der Waals surface area contributed by atoms with E-state index >= 15 is 0 Å². The second kappa shape index (κ2) is 5.80. The Hall–Kier alpha value is -1.65. The van der Waals surface area contributed by atoms with E-state index in [4.69, 9.17) is 5.73 Å². The van der Waals surface area contributed by atoms with E-state index in [9.17, 15) is 0 Å². The number of unbranched alkanes of at least 4 members (excludes halogenated alkanes) is 3. The SMILES string of the molecule is CCCCCCC(C)c1ncc2c(N)ncnn12. The Morgan fingerprint density at radius 1 is 1.28 bits per heavy atom. The minimum absolute atomic E-state index is 0.402. The molecule has 0 amide bonds. The summed E-state index contributed by atoms with van der Waals surface area (Å²) in [4.78, 5) is 8.41. The molecule has 2 heterocycles. The first-order valence-corrected chi connectivity index (χ1v) is 6.68. The van der Waals surface area contributed by atoms with E-state index in [2.05, 4.69) is 28.9 Å². The van der Waals surface area contributed by atoms with Gasteiger partial charge in [0.15, 0.2) is 5.82 Å². The van der Waals surface area contributed by atoms with Gasteiger partial charge in [-0.3, -0.25) is 0 Å². The second-order valence-corrected chi connectivity index (χ2v) is 4.81. The van der Waals surface area contributed by atoms with Crippen LogP contribution >= 0.6 is 0 Å². The van der Waals surface area contributed by atoms with Crippen LogP contribution in [0.5, 0.6) is 0 Å². The molecule has 0 radical (unpaired) electrons.